The summed E-state index contributed by atoms with van der Waals surface area (Å²) in [5, 5.41) is 14.6. The molecule has 1 aromatic rings. The third-order valence-corrected chi connectivity index (χ3v) is 4.96. The molecular formula is C18H20Cl2N6O2. The Bertz CT molecular complexity index is 873. The van der Waals surface area contributed by atoms with Gasteiger partial charge in [0.2, 0.25) is 11.7 Å². The molecule has 148 valence electrons. The standard InChI is InChI=1S/C18H20Cl2N6O2/c1-4-26(5-2)17(28)15-16(27)13(9-25(15)3)24-18(22-10-21)23-12-8-6-7-11(19)14(12)20/h6-9,15H,4-5H2,1-3H3,(H2,22,23,24). The Balaban J connectivity index is 2.27. The number of carbonyl (C=O) groups excluding carboxylic acids is 2. The molecular weight excluding hydrogens is 403 g/mol. The maximum atomic E-state index is 12.8. The minimum absolute atomic E-state index is 0.0180. The molecule has 0 saturated carbocycles. The summed E-state index contributed by atoms with van der Waals surface area (Å²) in [4.78, 5) is 32.7. The lowest BCUT2D eigenvalue weighted by atomic mass is 10.1. The predicted octanol–water partition coefficient (Wildman–Crippen LogP) is 2.23. The van der Waals surface area contributed by atoms with Crippen LogP contribution in [0.2, 0.25) is 10.0 Å². The van der Waals surface area contributed by atoms with E-state index in [0.29, 0.717) is 23.8 Å². The number of likely N-dealkylation sites (N-methyl/N-ethyl adjacent to an activating group) is 2. The highest BCUT2D eigenvalue weighted by atomic mass is 35.5. The van der Waals surface area contributed by atoms with Gasteiger partial charge >= 0.3 is 0 Å². The molecule has 0 aliphatic carbocycles. The quantitative estimate of drug-likeness (QED) is 0.248. The first-order valence-electron chi connectivity index (χ1n) is 8.55. The lowest BCUT2D eigenvalue weighted by Gasteiger charge is -2.26. The van der Waals surface area contributed by atoms with E-state index in [-0.39, 0.29) is 22.6 Å². The molecule has 1 unspecified atom stereocenters. The van der Waals surface area contributed by atoms with Crippen LogP contribution in [0.4, 0.5) is 5.69 Å². The highest BCUT2D eigenvalue weighted by Gasteiger charge is 2.39. The Morgan fingerprint density at radius 2 is 2.04 bits per heavy atom. The van der Waals surface area contributed by atoms with Crippen LogP contribution in [0.3, 0.4) is 0 Å². The first kappa shape index (κ1) is 21.5. The van der Waals surface area contributed by atoms with E-state index in [1.165, 1.54) is 11.1 Å². The molecule has 1 amide bonds. The van der Waals surface area contributed by atoms with Crippen molar-refractivity contribution in [1.29, 1.82) is 5.26 Å². The summed E-state index contributed by atoms with van der Waals surface area (Å²) in [7, 11) is 1.64. The molecule has 28 heavy (non-hydrogen) atoms. The average molecular weight is 423 g/mol. The number of guanidine groups is 1. The van der Waals surface area contributed by atoms with Crippen molar-refractivity contribution in [2.24, 2.45) is 4.99 Å². The van der Waals surface area contributed by atoms with E-state index < -0.39 is 11.8 Å². The molecule has 1 aromatic carbocycles. The van der Waals surface area contributed by atoms with E-state index in [2.05, 4.69) is 15.6 Å². The Labute approximate surface area is 173 Å². The Hall–Kier alpha value is -2.76. The van der Waals surface area contributed by atoms with Gasteiger partial charge in [-0.15, -0.1) is 0 Å². The topological polar surface area (TPSA) is 101 Å². The van der Waals surface area contributed by atoms with Gasteiger partial charge in [-0.05, 0) is 26.0 Å². The summed E-state index contributed by atoms with van der Waals surface area (Å²) in [5.74, 6) is -0.713. The highest BCUT2D eigenvalue weighted by molar-refractivity contribution is 6.43. The fourth-order valence-electron chi connectivity index (χ4n) is 2.73. The van der Waals surface area contributed by atoms with Gasteiger partial charge in [-0.3, -0.25) is 14.9 Å². The zero-order valence-electron chi connectivity index (χ0n) is 15.7. The largest absolute Gasteiger partial charge is 0.360 e. The molecule has 1 atom stereocenters. The molecule has 0 bridgehead atoms. The Morgan fingerprint density at radius 3 is 2.64 bits per heavy atom. The number of benzene rings is 1. The fourth-order valence-corrected chi connectivity index (χ4v) is 3.07. The summed E-state index contributed by atoms with van der Waals surface area (Å²) >= 11 is 12.1. The number of nitrogens with one attached hydrogen (secondary N) is 2. The highest BCUT2D eigenvalue weighted by Crippen LogP contribution is 2.31. The monoisotopic (exact) mass is 422 g/mol. The van der Waals surface area contributed by atoms with Gasteiger partial charge in [-0.1, -0.05) is 29.3 Å². The van der Waals surface area contributed by atoms with Crippen LogP contribution < -0.4 is 10.6 Å². The number of rotatable bonds is 5. The van der Waals surface area contributed by atoms with Crippen molar-refractivity contribution in [2.45, 2.75) is 19.9 Å². The average Bonchev–Trinajstić information content (AvgIpc) is 2.93. The molecule has 1 aliphatic rings. The van der Waals surface area contributed by atoms with Crippen molar-refractivity contribution < 1.29 is 9.59 Å². The summed E-state index contributed by atoms with van der Waals surface area (Å²) in [6.07, 6.45) is 3.25. The molecule has 0 aromatic heterocycles. The molecule has 0 radical (unpaired) electrons. The molecule has 1 aliphatic heterocycles. The van der Waals surface area contributed by atoms with Crippen molar-refractivity contribution in [2.75, 3.05) is 20.1 Å². The van der Waals surface area contributed by atoms with Crippen molar-refractivity contribution in [3.05, 3.63) is 40.1 Å². The van der Waals surface area contributed by atoms with Crippen molar-refractivity contribution in [1.82, 2.24) is 20.4 Å². The van der Waals surface area contributed by atoms with Crippen LogP contribution in [-0.4, -0.2) is 53.6 Å². The van der Waals surface area contributed by atoms with Crippen LogP contribution in [0.5, 0.6) is 0 Å². The second kappa shape index (κ2) is 9.44. The number of nitrogens with zero attached hydrogens (tertiary/aromatic N) is 4. The third-order valence-electron chi connectivity index (χ3n) is 4.15. The van der Waals surface area contributed by atoms with Crippen LogP contribution in [0.15, 0.2) is 35.1 Å². The molecule has 0 fully saturated rings. The normalized spacial score (nSPS) is 16.5. The smallest absolute Gasteiger partial charge is 0.253 e. The SMILES string of the molecule is CCN(CC)C(=O)C1C(=O)C(NC(=Nc2cccc(Cl)c2Cl)NC#N)=CN1C. The van der Waals surface area contributed by atoms with Gasteiger partial charge in [-0.25, -0.2) is 4.99 Å². The molecule has 0 saturated heterocycles. The number of halogens is 2. The maximum Gasteiger partial charge on any atom is 0.253 e. The number of hydrogen-bond acceptors (Lipinski definition) is 5. The van der Waals surface area contributed by atoms with Crippen LogP contribution >= 0.6 is 23.2 Å². The van der Waals surface area contributed by atoms with Crippen LogP contribution in [0.1, 0.15) is 13.8 Å². The number of ketones is 1. The van der Waals surface area contributed by atoms with E-state index in [1.54, 1.807) is 36.3 Å². The molecule has 8 nitrogen and oxygen atoms in total. The molecule has 10 heteroatoms. The fraction of sp³-hybridized carbons (Fsp3) is 0.333. The first-order valence-corrected chi connectivity index (χ1v) is 9.31. The van der Waals surface area contributed by atoms with Crippen LogP contribution in [0, 0.1) is 11.5 Å². The van der Waals surface area contributed by atoms with E-state index in [9.17, 15) is 9.59 Å². The van der Waals surface area contributed by atoms with E-state index in [4.69, 9.17) is 28.5 Å². The minimum Gasteiger partial charge on any atom is -0.360 e. The van der Waals surface area contributed by atoms with Crippen molar-refractivity contribution >= 4 is 46.5 Å². The Morgan fingerprint density at radius 1 is 1.36 bits per heavy atom. The lowest BCUT2D eigenvalue weighted by molar-refractivity contribution is -0.139. The van der Waals surface area contributed by atoms with Gasteiger partial charge < -0.3 is 15.1 Å². The zero-order chi connectivity index (χ0) is 20.8. The zero-order valence-corrected chi connectivity index (χ0v) is 17.2. The third kappa shape index (κ3) is 4.55. The van der Waals surface area contributed by atoms with Gasteiger partial charge in [0.25, 0.3) is 5.91 Å². The number of carbonyl (C=O) groups is 2. The van der Waals surface area contributed by atoms with Gasteiger partial charge in [0, 0.05) is 26.3 Å². The van der Waals surface area contributed by atoms with Gasteiger partial charge in [0.1, 0.15) is 5.70 Å². The summed E-state index contributed by atoms with van der Waals surface area (Å²) in [6, 6.07) is 3.91. The molecule has 0 spiro atoms. The number of aliphatic imine (C=N–C) groups is 1. The lowest BCUT2D eigenvalue weighted by Crippen LogP contribution is -2.48. The van der Waals surface area contributed by atoms with Crippen LogP contribution in [-0.2, 0) is 9.59 Å². The van der Waals surface area contributed by atoms with E-state index in [0.717, 1.165) is 0 Å². The van der Waals surface area contributed by atoms with Gasteiger partial charge in [0.15, 0.2) is 12.2 Å². The number of Topliss-reactive ketones (excluding diaryl/α,β-unsaturated/α-hetero) is 1. The second-order valence-electron chi connectivity index (χ2n) is 5.88. The molecule has 2 rings (SSSR count). The summed E-state index contributed by atoms with van der Waals surface area (Å²) in [5.41, 5.74) is 0.447. The summed E-state index contributed by atoms with van der Waals surface area (Å²) in [6.45, 7) is 4.71. The first-order chi connectivity index (χ1) is 13.3. The number of hydrogen-bond donors (Lipinski definition) is 2. The molecule has 1 heterocycles. The van der Waals surface area contributed by atoms with Crippen molar-refractivity contribution in [3.63, 3.8) is 0 Å². The van der Waals surface area contributed by atoms with Gasteiger partial charge in [-0.2, -0.15) is 5.26 Å². The minimum atomic E-state index is -0.958. The summed E-state index contributed by atoms with van der Waals surface area (Å²) < 4.78 is 0. The maximum absolute atomic E-state index is 12.8. The molecule has 2 N–H and O–H groups in total. The number of nitriles is 1. The van der Waals surface area contributed by atoms with Gasteiger partial charge in [0.05, 0.1) is 15.7 Å². The second-order valence-corrected chi connectivity index (χ2v) is 6.67. The Kier molecular flexibility index (Phi) is 7.26. The van der Waals surface area contributed by atoms with Crippen LogP contribution in [0.25, 0.3) is 0 Å². The number of amides is 1. The van der Waals surface area contributed by atoms with E-state index >= 15 is 0 Å². The van der Waals surface area contributed by atoms with E-state index in [1.807, 2.05) is 13.8 Å². The predicted molar refractivity (Wildman–Crippen MR) is 108 cm³/mol. The van der Waals surface area contributed by atoms with Crippen molar-refractivity contribution in [3.8, 4) is 6.19 Å².